The number of nitrogens with one attached hydrogen (secondary N) is 1. The number of anilines is 1. The fourth-order valence-corrected chi connectivity index (χ4v) is 2.41. The van der Waals surface area contributed by atoms with Crippen LogP contribution in [-0.2, 0) is 6.42 Å². The molecule has 0 aliphatic rings. The molecule has 1 unspecified atom stereocenters. The van der Waals surface area contributed by atoms with Crippen LogP contribution in [0.1, 0.15) is 68.9 Å². The number of aromatic nitrogens is 1. The van der Waals surface area contributed by atoms with Crippen molar-refractivity contribution in [1.82, 2.24) is 10.3 Å². The number of hydrogen-bond donors (Lipinski definition) is 2. The number of aryl methyl sites for hydroxylation is 1. The zero-order valence-electron chi connectivity index (χ0n) is 13.6. The Hall–Kier alpha value is -1.58. The molecule has 0 saturated heterocycles. The number of nitrogens with zero attached hydrogens (tertiary/aromatic N) is 1. The minimum Gasteiger partial charge on any atom is -0.384 e. The smallest absolute Gasteiger partial charge is 0.251 e. The van der Waals surface area contributed by atoms with Crippen molar-refractivity contribution < 1.29 is 4.79 Å². The second kappa shape index (κ2) is 9.37. The number of carbonyl (C=O) groups is 1. The van der Waals surface area contributed by atoms with Gasteiger partial charge in [-0.25, -0.2) is 4.98 Å². The first-order valence-corrected chi connectivity index (χ1v) is 8.15. The molecule has 21 heavy (non-hydrogen) atoms. The van der Waals surface area contributed by atoms with Crippen LogP contribution in [0.5, 0.6) is 0 Å². The van der Waals surface area contributed by atoms with Gasteiger partial charge in [0.25, 0.3) is 5.91 Å². The van der Waals surface area contributed by atoms with E-state index in [1.54, 1.807) is 6.07 Å². The van der Waals surface area contributed by atoms with Gasteiger partial charge in [-0.15, -0.1) is 0 Å². The fraction of sp³-hybridized carbons (Fsp3) is 0.647. The first-order valence-electron chi connectivity index (χ1n) is 8.15. The highest BCUT2D eigenvalue weighted by atomic mass is 16.1. The van der Waals surface area contributed by atoms with Gasteiger partial charge in [-0.3, -0.25) is 4.79 Å². The average Bonchev–Trinajstić information content (AvgIpc) is 2.47. The molecule has 1 aromatic heterocycles. The van der Waals surface area contributed by atoms with Gasteiger partial charge in [0, 0.05) is 17.8 Å². The predicted molar refractivity (Wildman–Crippen MR) is 88.3 cm³/mol. The molecule has 1 rings (SSSR count). The van der Waals surface area contributed by atoms with Crippen LogP contribution in [0.15, 0.2) is 12.1 Å². The van der Waals surface area contributed by atoms with Crippen LogP contribution in [-0.4, -0.2) is 17.4 Å². The Morgan fingerprint density at radius 3 is 2.67 bits per heavy atom. The van der Waals surface area contributed by atoms with Crippen molar-refractivity contribution in [1.29, 1.82) is 0 Å². The molecule has 0 saturated carbocycles. The number of amides is 1. The van der Waals surface area contributed by atoms with Crippen molar-refractivity contribution in [2.45, 2.75) is 59.3 Å². The molecule has 0 aliphatic carbocycles. The molecule has 0 bridgehead atoms. The SMILES string of the molecule is CCCCC(CC)CNC(=O)c1cc(N)nc(CCC)c1. The number of unbranched alkanes of at least 4 members (excludes halogenated alkanes) is 1. The third-order valence-electron chi connectivity index (χ3n) is 3.76. The van der Waals surface area contributed by atoms with Gasteiger partial charge in [0.1, 0.15) is 5.82 Å². The highest BCUT2D eigenvalue weighted by molar-refractivity contribution is 5.94. The van der Waals surface area contributed by atoms with E-state index in [-0.39, 0.29) is 5.91 Å². The highest BCUT2D eigenvalue weighted by Crippen LogP contribution is 2.13. The minimum atomic E-state index is -0.0450. The maximum atomic E-state index is 12.3. The van der Waals surface area contributed by atoms with E-state index < -0.39 is 0 Å². The Balaban J connectivity index is 2.62. The largest absolute Gasteiger partial charge is 0.384 e. The molecule has 1 amide bonds. The van der Waals surface area contributed by atoms with E-state index in [1.165, 1.54) is 19.3 Å². The zero-order valence-corrected chi connectivity index (χ0v) is 13.6. The normalized spacial score (nSPS) is 12.1. The number of nitrogen functional groups attached to an aromatic ring is 1. The zero-order chi connectivity index (χ0) is 15.7. The number of pyridine rings is 1. The number of nitrogens with two attached hydrogens (primary N) is 1. The average molecular weight is 291 g/mol. The van der Waals surface area contributed by atoms with Crippen molar-refractivity contribution in [3.8, 4) is 0 Å². The van der Waals surface area contributed by atoms with Crippen LogP contribution in [0.25, 0.3) is 0 Å². The second-order valence-corrected chi connectivity index (χ2v) is 5.65. The molecule has 118 valence electrons. The molecule has 0 aromatic carbocycles. The lowest BCUT2D eigenvalue weighted by Gasteiger charge is -2.15. The predicted octanol–water partition coefficient (Wildman–Crippen LogP) is 3.56. The molecule has 1 atom stereocenters. The quantitative estimate of drug-likeness (QED) is 0.731. The Morgan fingerprint density at radius 1 is 1.29 bits per heavy atom. The summed E-state index contributed by atoms with van der Waals surface area (Å²) >= 11 is 0. The van der Waals surface area contributed by atoms with Crippen molar-refractivity contribution in [3.05, 3.63) is 23.4 Å². The number of hydrogen-bond acceptors (Lipinski definition) is 3. The van der Waals surface area contributed by atoms with Gasteiger partial charge in [-0.05, 0) is 30.9 Å². The first-order chi connectivity index (χ1) is 10.1. The minimum absolute atomic E-state index is 0.0450. The summed E-state index contributed by atoms with van der Waals surface area (Å²) in [5.74, 6) is 0.934. The summed E-state index contributed by atoms with van der Waals surface area (Å²) in [4.78, 5) is 16.5. The maximum Gasteiger partial charge on any atom is 0.251 e. The molecule has 4 nitrogen and oxygen atoms in total. The van der Waals surface area contributed by atoms with Crippen LogP contribution in [0.3, 0.4) is 0 Å². The van der Waals surface area contributed by atoms with Gasteiger partial charge >= 0.3 is 0 Å². The summed E-state index contributed by atoms with van der Waals surface area (Å²) in [6.45, 7) is 7.20. The molecule has 1 heterocycles. The molecule has 3 N–H and O–H groups in total. The van der Waals surface area contributed by atoms with Gasteiger partial charge in [0.15, 0.2) is 0 Å². The molecule has 0 radical (unpaired) electrons. The Bertz CT molecular complexity index is 446. The van der Waals surface area contributed by atoms with Crippen LogP contribution in [0.2, 0.25) is 0 Å². The summed E-state index contributed by atoms with van der Waals surface area (Å²) in [6, 6.07) is 3.50. The molecule has 0 spiro atoms. The topological polar surface area (TPSA) is 68.0 Å². The van der Waals surface area contributed by atoms with Gasteiger partial charge < -0.3 is 11.1 Å². The van der Waals surface area contributed by atoms with E-state index in [9.17, 15) is 4.79 Å². The Labute approximate surface area is 128 Å². The molecule has 1 aromatic rings. The summed E-state index contributed by atoms with van der Waals surface area (Å²) in [6.07, 6.45) is 6.53. The number of rotatable bonds is 9. The summed E-state index contributed by atoms with van der Waals surface area (Å²) in [5.41, 5.74) is 7.30. The molecule has 0 aliphatic heterocycles. The molecule has 4 heteroatoms. The lowest BCUT2D eigenvalue weighted by molar-refractivity contribution is 0.0945. The van der Waals surface area contributed by atoms with Crippen molar-refractivity contribution >= 4 is 11.7 Å². The van der Waals surface area contributed by atoms with Gasteiger partial charge in [0.05, 0.1) is 0 Å². The fourth-order valence-electron chi connectivity index (χ4n) is 2.41. The van der Waals surface area contributed by atoms with Crippen molar-refractivity contribution in [2.24, 2.45) is 5.92 Å². The van der Waals surface area contributed by atoms with E-state index in [1.807, 2.05) is 6.07 Å². The third-order valence-corrected chi connectivity index (χ3v) is 3.76. The Kier molecular flexibility index (Phi) is 7.80. The van der Waals surface area contributed by atoms with Crippen LogP contribution < -0.4 is 11.1 Å². The van der Waals surface area contributed by atoms with Crippen LogP contribution >= 0.6 is 0 Å². The number of carbonyl (C=O) groups excluding carboxylic acids is 1. The lowest BCUT2D eigenvalue weighted by atomic mass is 9.99. The van der Waals surface area contributed by atoms with E-state index in [0.29, 0.717) is 17.3 Å². The van der Waals surface area contributed by atoms with Crippen LogP contribution in [0.4, 0.5) is 5.82 Å². The van der Waals surface area contributed by atoms with E-state index >= 15 is 0 Å². The maximum absolute atomic E-state index is 12.3. The lowest BCUT2D eigenvalue weighted by Crippen LogP contribution is -2.29. The highest BCUT2D eigenvalue weighted by Gasteiger charge is 2.11. The van der Waals surface area contributed by atoms with Gasteiger partial charge in [-0.2, -0.15) is 0 Å². The first kappa shape index (κ1) is 17.5. The van der Waals surface area contributed by atoms with Crippen molar-refractivity contribution in [3.63, 3.8) is 0 Å². The standard InChI is InChI=1S/C17H29N3O/c1-4-7-9-13(6-3)12-19-17(21)14-10-15(8-5-2)20-16(18)11-14/h10-11,13H,4-9,12H2,1-3H3,(H2,18,20)(H,19,21). The molecular weight excluding hydrogens is 262 g/mol. The van der Waals surface area contributed by atoms with E-state index in [0.717, 1.165) is 31.5 Å². The molecule has 0 fully saturated rings. The Morgan fingerprint density at radius 2 is 2.05 bits per heavy atom. The van der Waals surface area contributed by atoms with Crippen LogP contribution in [0, 0.1) is 5.92 Å². The molecular formula is C17H29N3O. The third kappa shape index (κ3) is 6.15. The summed E-state index contributed by atoms with van der Waals surface area (Å²) in [5, 5.41) is 3.03. The summed E-state index contributed by atoms with van der Waals surface area (Å²) in [7, 11) is 0. The van der Waals surface area contributed by atoms with Gasteiger partial charge in [0.2, 0.25) is 0 Å². The monoisotopic (exact) mass is 291 g/mol. The second-order valence-electron chi connectivity index (χ2n) is 5.65. The van der Waals surface area contributed by atoms with E-state index in [4.69, 9.17) is 5.73 Å². The van der Waals surface area contributed by atoms with Gasteiger partial charge in [-0.1, -0.05) is 46.5 Å². The summed E-state index contributed by atoms with van der Waals surface area (Å²) < 4.78 is 0. The van der Waals surface area contributed by atoms with Crippen molar-refractivity contribution in [2.75, 3.05) is 12.3 Å². The van der Waals surface area contributed by atoms with E-state index in [2.05, 4.69) is 31.1 Å².